The van der Waals surface area contributed by atoms with Crippen molar-refractivity contribution in [2.24, 2.45) is 0 Å². The van der Waals surface area contributed by atoms with E-state index in [1.165, 1.54) is 5.56 Å². The maximum absolute atomic E-state index is 12.2. The first kappa shape index (κ1) is 14.9. The van der Waals surface area contributed by atoms with Crippen molar-refractivity contribution in [1.29, 1.82) is 0 Å². The lowest BCUT2D eigenvalue weighted by Crippen LogP contribution is -2.46. The molecule has 20 heavy (non-hydrogen) atoms. The molecular formula is C16H24N2O2. The number of rotatable bonds is 5. The predicted octanol–water partition coefficient (Wildman–Crippen LogP) is 1.76. The molecule has 1 aromatic carbocycles. The number of carbonyl (C=O) groups is 1. The van der Waals surface area contributed by atoms with Gasteiger partial charge in [-0.25, -0.2) is 0 Å². The summed E-state index contributed by atoms with van der Waals surface area (Å²) in [5.41, 5.74) is 2.34. The molecule has 1 saturated heterocycles. The van der Waals surface area contributed by atoms with Gasteiger partial charge in [0.25, 0.3) is 0 Å². The second kappa shape index (κ2) is 7.29. The number of hydrogen-bond acceptors (Lipinski definition) is 3. The molecule has 0 saturated carbocycles. The number of ether oxygens (including phenoxy) is 1. The SMILES string of the molecule is CCOc1ccc(C)cc1CCC(=O)N1CCNCC1. The van der Waals surface area contributed by atoms with E-state index >= 15 is 0 Å². The Morgan fingerprint density at radius 3 is 2.80 bits per heavy atom. The minimum Gasteiger partial charge on any atom is -0.494 e. The molecule has 0 radical (unpaired) electrons. The Bertz CT molecular complexity index is 454. The fourth-order valence-corrected chi connectivity index (χ4v) is 2.51. The number of piperazine rings is 1. The lowest BCUT2D eigenvalue weighted by molar-refractivity contribution is -0.131. The standard InChI is InChI=1S/C16H24N2O2/c1-3-20-15-6-4-13(2)12-14(15)5-7-16(19)18-10-8-17-9-11-18/h4,6,12,17H,3,5,7-11H2,1-2H3. The zero-order valence-corrected chi connectivity index (χ0v) is 12.4. The van der Waals surface area contributed by atoms with Gasteiger partial charge in [0.05, 0.1) is 6.61 Å². The van der Waals surface area contributed by atoms with Gasteiger partial charge in [0.2, 0.25) is 5.91 Å². The highest BCUT2D eigenvalue weighted by Crippen LogP contribution is 2.22. The maximum Gasteiger partial charge on any atom is 0.222 e. The summed E-state index contributed by atoms with van der Waals surface area (Å²) in [5, 5.41) is 3.26. The third-order valence-corrected chi connectivity index (χ3v) is 3.59. The highest BCUT2D eigenvalue weighted by Gasteiger charge is 2.16. The molecule has 2 rings (SSSR count). The highest BCUT2D eigenvalue weighted by atomic mass is 16.5. The van der Waals surface area contributed by atoms with Crippen molar-refractivity contribution in [2.75, 3.05) is 32.8 Å². The zero-order valence-electron chi connectivity index (χ0n) is 12.4. The van der Waals surface area contributed by atoms with E-state index < -0.39 is 0 Å². The summed E-state index contributed by atoms with van der Waals surface area (Å²) in [7, 11) is 0. The Balaban J connectivity index is 1.95. The van der Waals surface area contributed by atoms with Gasteiger partial charge in [0.15, 0.2) is 0 Å². The van der Waals surface area contributed by atoms with Crippen LogP contribution in [0.4, 0.5) is 0 Å². The van der Waals surface area contributed by atoms with E-state index in [2.05, 4.69) is 18.3 Å². The number of amides is 1. The lowest BCUT2D eigenvalue weighted by atomic mass is 10.0. The number of nitrogens with zero attached hydrogens (tertiary/aromatic N) is 1. The predicted molar refractivity (Wildman–Crippen MR) is 80.1 cm³/mol. The van der Waals surface area contributed by atoms with E-state index in [1.807, 2.05) is 24.0 Å². The average Bonchev–Trinajstić information content (AvgIpc) is 2.48. The van der Waals surface area contributed by atoms with E-state index in [9.17, 15) is 4.79 Å². The van der Waals surface area contributed by atoms with Crippen LogP contribution in [0.15, 0.2) is 18.2 Å². The van der Waals surface area contributed by atoms with E-state index in [1.54, 1.807) is 0 Å². The second-order valence-electron chi connectivity index (χ2n) is 5.17. The van der Waals surface area contributed by atoms with Crippen molar-refractivity contribution in [3.05, 3.63) is 29.3 Å². The van der Waals surface area contributed by atoms with Crippen LogP contribution in [-0.2, 0) is 11.2 Å². The Kier molecular flexibility index (Phi) is 5.41. The molecule has 4 nitrogen and oxygen atoms in total. The molecular weight excluding hydrogens is 252 g/mol. The van der Waals surface area contributed by atoms with Crippen molar-refractivity contribution in [1.82, 2.24) is 10.2 Å². The summed E-state index contributed by atoms with van der Waals surface area (Å²) in [5.74, 6) is 1.15. The summed E-state index contributed by atoms with van der Waals surface area (Å²) in [6.07, 6.45) is 1.31. The number of nitrogens with one attached hydrogen (secondary N) is 1. The minimum atomic E-state index is 0.246. The van der Waals surface area contributed by atoms with Crippen LogP contribution in [-0.4, -0.2) is 43.6 Å². The smallest absolute Gasteiger partial charge is 0.222 e. The number of carbonyl (C=O) groups excluding carboxylic acids is 1. The molecule has 1 fully saturated rings. The van der Waals surface area contributed by atoms with Gasteiger partial charge in [-0.05, 0) is 31.9 Å². The molecule has 1 N–H and O–H groups in total. The van der Waals surface area contributed by atoms with Gasteiger partial charge < -0.3 is 15.0 Å². The molecule has 0 spiro atoms. The van der Waals surface area contributed by atoms with Crippen LogP contribution in [0.2, 0.25) is 0 Å². The first-order chi connectivity index (χ1) is 9.70. The van der Waals surface area contributed by atoms with Gasteiger partial charge in [-0.2, -0.15) is 0 Å². The Labute approximate surface area is 121 Å². The molecule has 1 amide bonds. The van der Waals surface area contributed by atoms with E-state index in [-0.39, 0.29) is 5.91 Å². The first-order valence-electron chi connectivity index (χ1n) is 7.41. The van der Waals surface area contributed by atoms with E-state index in [0.29, 0.717) is 13.0 Å². The minimum absolute atomic E-state index is 0.246. The third kappa shape index (κ3) is 3.97. The lowest BCUT2D eigenvalue weighted by Gasteiger charge is -2.27. The number of benzene rings is 1. The van der Waals surface area contributed by atoms with Crippen molar-refractivity contribution < 1.29 is 9.53 Å². The normalized spacial score (nSPS) is 15.2. The van der Waals surface area contributed by atoms with Crippen molar-refractivity contribution >= 4 is 5.91 Å². The quantitative estimate of drug-likeness (QED) is 0.891. The van der Waals surface area contributed by atoms with Crippen LogP contribution in [0.3, 0.4) is 0 Å². The second-order valence-corrected chi connectivity index (χ2v) is 5.17. The Morgan fingerprint density at radius 2 is 2.10 bits per heavy atom. The van der Waals surface area contributed by atoms with Crippen LogP contribution in [0, 0.1) is 6.92 Å². The number of hydrogen-bond donors (Lipinski definition) is 1. The molecule has 110 valence electrons. The molecule has 1 aliphatic rings. The fourth-order valence-electron chi connectivity index (χ4n) is 2.51. The largest absolute Gasteiger partial charge is 0.494 e. The average molecular weight is 276 g/mol. The van der Waals surface area contributed by atoms with Crippen LogP contribution in [0.25, 0.3) is 0 Å². The molecule has 0 atom stereocenters. The van der Waals surface area contributed by atoms with Crippen molar-refractivity contribution in [3.63, 3.8) is 0 Å². The van der Waals surface area contributed by atoms with Gasteiger partial charge in [0, 0.05) is 32.6 Å². The molecule has 0 bridgehead atoms. The van der Waals surface area contributed by atoms with Crippen LogP contribution in [0.1, 0.15) is 24.5 Å². The van der Waals surface area contributed by atoms with Gasteiger partial charge >= 0.3 is 0 Å². The fraction of sp³-hybridized carbons (Fsp3) is 0.562. The molecule has 4 heteroatoms. The van der Waals surface area contributed by atoms with Gasteiger partial charge in [-0.1, -0.05) is 17.7 Å². The summed E-state index contributed by atoms with van der Waals surface area (Å²) < 4.78 is 5.63. The van der Waals surface area contributed by atoms with Crippen LogP contribution < -0.4 is 10.1 Å². The van der Waals surface area contributed by atoms with E-state index in [4.69, 9.17) is 4.74 Å². The number of aryl methyl sites for hydroxylation is 2. The topological polar surface area (TPSA) is 41.6 Å². The molecule has 1 heterocycles. The van der Waals surface area contributed by atoms with Crippen molar-refractivity contribution in [2.45, 2.75) is 26.7 Å². The molecule has 0 unspecified atom stereocenters. The van der Waals surface area contributed by atoms with Gasteiger partial charge in [0.1, 0.15) is 5.75 Å². The Morgan fingerprint density at radius 1 is 1.35 bits per heavy atom. The van der Waals surface area contributed by atoms with E-state index in [0.717, 1.165) is 43.9 Å². The summed E-state index contributed by atoms with van der Waals surface area (Å²) >= 11 is 0. The summed E-state index contributed by atoms with van der Waals surface area (Å²) in [6, 6.07) is 6.17. The van der Waals surface area contributed by atoms with Crippen LogP contribution >= 0.6 is 0 Å². The van der Waals surface area contributed by atoms with Gasteiger partial charge in [-0.3, -0.25) is 4.79 Å². The molecule has 0 aliphatic carbocycles. The monoisotopic (exact) mass is 276 g/mol. The molecule has 1 aromatic rings. The molecule has 1 aliphatic heterocycles. The summed E-state index contributed by atoms with van der Waals surface area (Å²) in [4.78, 5) is 14.1. The molecule has 0 aromatic heterocycles. The third-order valence-electron chi connectivity index (χ3n) is 3.59. The maximum atomic E-state index is 12.2. The summed E-state index contributed by atoms with van der Waals surface area (Å²) in [6.45, 7) is 8.16. The van der Waals surface area contributed by atoms with Crippen LogP contribution in [0.5, 0.6) is 5.75 Å². The Hall–Kier alpha value is -1.55. The first-order valence-corrected chi connectivity index (χ1v) is 7.41. The van der Waals surface area contributed by atoms with Crippen molar-refractivity contribution in [3.8, 4) is 5.75 Å². The highest BCUT2D eigenvalue weighted by molar-refractivity contribution is 5.76. The van der Waals surface area contributed by atoms with Gasteiger partial charge in [-0.15, -0.1) is 0 Å². The zero-order chi connectivity index (χ0) is 14.4.